The SMILES string of the molecule is CCc1nc(-c2ccc(N)cc2F)n[nH]1. The minimum atomic E-state index is -0.406. The highest BCUT2D eigenvalue weighted by atomic mass is 19.1. The van der Waals surface area contributed by atoms with Crippen LogP contribution in [-0.2, 0) is 6.42 Å². The summed E-state index contributed by atoms with van der Waals surface area (Å²) in [5, 5.41) is 6.67. The molecule has 0 amide bonds. The van der Waals surface area contributed by atoms with Gasteiger partial charge in [-0.05, 0) is 18.2 Å². The molecule has 5 heteroatoms. The van der Waals surface area contributed by atoms with Gasteiger partial charge in [-0.1, -0.05) is 6.92 Å². The average molecular weight is 206 g/mol. The quantitative estimate of drug-likeness (QED) is 0.735. The van der Waals surface area contributed by atoms with Crippen molar-refractivity contribution in [1.82, 2.24) is 15.2 Å². The van der Waals surface area contributed by atoms with Crippen LogP contribution in [-0.4, -0.2) is 15.2 Å². The summed E-state index contributed by atoms with van der Waals surface area (Å²) in [4.78, 5) is 4.14. The molecule has 0 saturated carbocycles. The Morgan fingerprint density at radius 1 is 1.47 bits per heavy atom. The van der Waals surface area contributed by atoms with Crippen LogP contribution in [0.4, 0.5) is 10.1 Å². The van der Waals surface area contributed by atoms with Gasteiger partial charge in [0, 0.05) is 12.1 Å². The van der Waals surface area contributed by atoms with Crippen molar-refractivity contribution in [2.45, 2.75) is 13.3 Å². The van der Waals surface area contributed by atoms with Crippen LogP contribution in [0.2, 0.25) is 0 Å². The molecule has 0 aliphatic rings. The number of aromatic nitrogens is 3. The van der Waals surface area contributed by atoms with Crippen LogP contribution in [0.25, 0.3) is 11.4 Å². The molecule has 1 aromatic heterocycles. The van der Waals surface area contributed by atoms with Gasteiger partial charge >= 0.3 is 0 Å². The van der Waals surface area contributed by atoms with E-state index in [2.05, 4.69) is 15.2 Å². The minimum absolute atomic E-state index is 0.361. The molecular formula is C10H11FN4. The number of nitrogen functional groups attached to an aromatic ring is 1. The predicted octanol–water partition coefficient (Wildman–Crippen LogP) is 1.76. The highest BCUT2D eigenvalue weighted by molar-refractivity contribution is 5.59. The number of hydrogen-bond acceptors (Lipinski definition) is 3. The van der Waals surface area contributed by atoms with Gasteiger partial charge in [-0.3, -0.25) is 5.10 Å². The molecule has 0 aliphatic heterocycles. The van der Waals surface area contributed by atoms with Crippen LogP contribution in [0.1, 0.15) is 12.7 Å². The maximum atomic E-state index is 13.5. The van der Waals surface area contributed by atoms with E-state index in [4.69, 9.17) is 5.73 Å². The smallest absolute Gasteiger partial charge is 0.184 e. The molecule has 0 aliphatic carbocycles. The number of rotatable bonds is 2. The molecule has 1 aromatic carbocycles. The van der Waals surface area contributed by atoms with Crippen molar-refractivity contribution in [3.05, 3.63) is 29.8 Å². The second-order valence-corrected chi connectivity index (χ2v) is 3.20. The van der Waals surface area contributed by atoms with Crippen molar-refractivity contribution in [2.75, 3.05) is 5.73 Å². The van der Waals surface area contributed by atoms with Crippen molar-refractivity contribution < 1.29 is 4.39 Å². The van der Waals surface area contributed by atoms with E-state index >= 15 is 0 Å². The largest absolute Gasteiger partial charge is 0.399 e. The average Bonchev–Trinajstić information content (AvgIpc) is 2.66. The van der Waals surface area contributed by atoms with Crippen LogP contribution in [0.15, 0.2) is 18.2 Å². The van der Waals surface area contributed by atoms with Gasteiger partial charge in [-0.15, -0.1) is 0 Å². The van der Waals surface area contributed by atoms with Crippen LogP contribution in [0.5, 0.6) is 0 Å². The summed E-state index contributed by atoms with van der Waals surface area (Å²) >= 11 is 0. The number of nitrogens with one attached hydrogen (secondary N) is 1. The number of hydrogen-bond donors (Lipinski definition) is 2. The fourth-order valence-electron chi connectivity index (χ4n) is 1.29. The molecule has 0 spiro atoms. The van der Waals surface area contributed by atoms with Gasteiger partial charge in [0.05, 0.1) is 5.56 Å². The zero-order valence-corrected chi connectivity index (χ0v) is 8.29. The number of halogens is 1. The highest BCUT2D eigenvalue weighted by Crippen LogP contribution is 2.20. The van der Waals surface area contributed by atoms with Crippen molar-refractivity contribution in [1.29, 1.82) is 0 Å². The molecular weight excluding hydrogens is 195 g/mol. The Balaban J connectivity index is 2.44. The molecule has 0 radical (unpaired) electrons. The molecule has 2 aromatic rings. The van der Waals surface area contributed by atoms with Crippen LogP contribution in [0.3, 0.4) is 0 Å². The Labute approximate surface area is 86.3 Å². The standard InChI is InChI=1S/C10H11FN4/c1-2-9-13-10(15-14-9)7-4-3-6(12)5-8(7)11/h3-5H,2,12H2,1H3,(H,13,14,15). The van der Waals surface area contributed by atoms with Crippen LogP contribution < -0.4 is 5.73 Å². The normalized spacial score (nSPS) is 10.5. The number of nitrogens with zero attached hydrogens (tertiary/aromatic N) is 2. The first-order valence-corrected chi connectivity index (χ1v) is 4.67. The molecule has 0 bridgehead atoms. The first kappa shape index (κ1) is 9.64. The minimum Gasteiger partial charge on any atom is -0.399 e. The Morgan fingerprint density at radius 3 is 2.87 bits per heavy atom. The Bertz CT molecular complexity index is 478. The number of aryl methyl sites for hydroxylation is 1. The molecule has 1 heterocycles. The summed E-state index contributed by atoms with van der Waals surface area (Å²) in [6.07, 6.45) is 0.740. The predicted molar refractivity (Wildman–Crippen MR) is 55.6 cm³/mol. The highest BCUT2D eigenvalue weighted by Gasteiger charge is 2.10. The lowest BCUT2D eigenvalue weighted by Gasteiger charge is -1.98. The third-order valence-corrected chi connectivity index (χ3v) is 2.10. The second kappa shape index (κ2) is 3.68. The van der Waals surface area contributed by atoms with E-state index in [1.165, 1.54) is 6.07 Å². The molecule has 0 fully saturated rings. The Morgan fingerprint density at radius 2 is 2.27 bits per heavy atom. The van der Waals surface area contributed by atoms with Gasteiger partial charge in [-0.2, -0.15) is 5.10 Å². The van der Waals surface area contributed by atoms with E-state index in [9.17, 15) is 4.39 Å². The third kappa shape index (κ3) is 1.81. The second-order valence-electron chi connectivity index (χ2n) is 3.20. The molecule has 15 heavy (non-hydrogen) atoms. The lowest BCUT2D eigenvalue weighted by Crippen LogP contribution is -1.90. The summed E-state index contributed by atoms with van der Waals surface area (Å²) in [5.74, 6) is 0.697. The van der Waals surface area contributed by atoms with Crippen LogP contribution in [0, 0.1) is 5.82 Å². The zero-order chi connectivity index (χ0) is 10.8. The summed E-state index contributed by atoms with van der Waals surface area (Å²) in [7, 11) is 0. The fourth-order valence-corrected chi connectivity index (χ4v) is 1.29. The van der Waals surface area contributed by atoms with E-state index < -0.39 is 5.82 Å². The molecule has 2 rings (SSSR count). The van der Waals surface area contributed by atoms with Gasteiger partial charge in [-0.25, -0.2) is 9.37 Å². The molecule has 0 unspecified atom stereocenters. The third-order valence-electron chi connectivity index (χ3n) is 2.10. The van der Waals surface area contributed by atoms with Crippen molar-refractivity contribution in [2.24, 2.45) is 0 Å². The summed E-state index contributed by atoms with van der Waals surface area (Å²) in [5.41, 5.74) is 6.20. The van der Waals surface area contributed by atoms with E-state index in [0.29, 0.717) is 17.1 Å². The van der Waals surface area contributed by atoms with E-state index in [-0.39, 0.29) is 0 Å². The Hall–Kier alpha value is -1.91. The first-order valence-electron chi connectivity index (χ1n) is 4.67. The lowest BCUT2D eigenvalue weighted by molar-refractivity contribution is 0.630. The van der Waals surface area contributed by atoms with Gasteiger partial charge in [0.15, 0.2) is 5.82 Å². The van der Waals surface area contributed by atoms with Gasteiger partial charge < -0.3 is 5.73 Å². The monoisotopic (exact) mass is 206 g/mol. The molecule has 3 N–H and O–H groups in total. The fraction of sp³-hybridized carbons (Fsp3) is 0.200. The van der Waals surface area contributed by atoms with Gasteiger partial charge in [0.2, 0.25) is 0 Å². The van der Waals surface area contributed by atoms with Gasteiger partial charge in [0.1, 0.15) is 11.6 Å². The van der Waals surface area contributed by atoms with Crippen molar-refractivity contribution in [3.8, 4) is 11.4 Å². The number of benzene rings is 1. The van der Waals surface area contributed by atoms with Crippen LogP contribution >= 0.6 is 0 Å². The topological polar surface area (TPSA) is 67.6 Å². The molecule has 0 saturated heterocycles. The van der Waals surface area contributed by atoms with E-state index in [1.54, 1.807) is 12.1 Å². The number of H-pyrrole nitrogens is 1. The summed E-state index contributed by atoms with van der Waals surface area (Å²) < 4.78 is 13.5. The molecule has 0 atom stereocenters. The summed E-state index contributed by atoms with van der Waals surface area (Å²) in [6.45, 7) is 1.95. The number of anilines is 1. The zero-order valence-electron chi connectivity index (χ0n) is 8.29. The van der Waals surface area contributed by atoms with Gasteiger partial charge in [0.25, 0.3) is 0 Å². The molecule has 4 nitrogen and oxygen atoms in total. The Kier molecular flexibility index (Phi) is 2.37. The molecule has 78 valence electrons. The maximum absolute atomic E-state index is 13.5. The van der Waals surface area contributed by atoms with Crippen molar-refractivity contribution in [3.63, 3.8) is 0 Å². The van der Waals surface area contributed by atoms with E-state index in [1.807, 2.05) is 6.92 Å². The van der Waals surface area contributed by atoms with E-state index in [0.717, 1.165) is 12.2 Å². The van der Waals surface area contributed by atoms with Crippen molar-refractivity contribution >= 4 is 5.69 Å². The first-order chi connectivity index (χ1) is 7.20. The summed E-state index contributed by atoms with van der Waals surface area (Å²) in [6, 6.07) is 4.46. The maximum Gasteiger partial charge on any atom is 0.184 e. The number of nitrogens with two attached hydrogens (primary N) is 1. The lowest BCUT2D eigenvalue weighted by atomic mass is 10.2. The number of aromatic amines is 1.